The molecule has 0 amide bonds. The summed E-state index contributed by atoms with van der Waals surface area (Å²) < 4.78 is 39.5. The molecule has 0 saturated carbocycles. The number of benzene rings is 1. The zero-order chi connectivity index (χ0) is 13.9. The number of hydrogen-bond donors (Lipinski definition) is 2. The van der Waals surface area contributed by atoms with E-state index in [2.05, 4.69) is 4.72 Å². The normalized spacial score (nSPS) is 13.6. The van der Waals surface area contributed by atoms with E-state index in [1.165, 1.54) is 0 Å². The van der Waals surface area contributed by atoms with E-state index in [-0.39, 0.29) is 11.6 Å². The molecule has 1 rings (SSSR count). The molecule has 0 spiro atoms. The maximum atomic E-state index is 13.4. The average molecular weight is 316 g/mol. The Morgan fingerprint density at radius 2 is 2.06 bits per heavy atom. The number of rotatable bonds is 5. The van der Waals surface area contributed by atoms with Gasteiger partial charge in [-0.3, -0.25) is 0 Å². The van der Waals surface area contributed by atoms with E-state index in [0.29, 0.717) is 6.42 Å². The van der Waals surface area contributed by atoms with Crippen molar-refractivity contribution in [3.05, 3.63) is 28.0 Å². The van der Waals surface area contributed by atoms with Crippen LogP contribution in [0.3, 0.4) is 0 Å². The van der Waals surface area contributed by atoms with E-state index in [0.717, 1.165) is 12.1 Å². The van der Waals surface area contributed by atoms with E-state index < -0.39 is 31.8 Å². The maximum absolute atomic E-state index is 13.4. The Balaban J connectivity index is 3.17. The summed E-state index contributed by atoms with van der Waals surface area (Å²) in [5.74, 6) is -0.988. The van der Waals surface area contributed by atoms with Gasteiger partial charge in [-0.15, -0.1) is 0 Å². The zero-order valence-corrected chi connectivity index (χ0v) is 11.8. The van der Waals surface area contributed by atoms with Crippen LogP contribution in [-0.4, -0.2) is 26.2 Å². The molecule has 18 heavy (non-hydrogen) atoms. The molecule has 8 heteroatoms. The van der Waals surface area contributed by atoms with Crippen LogP contribution in [0.5, 0.6) is 0 Å². The highest BCUT2D eigenvalue weighted by Crippen LogP contribution is 2.29. The third-order valence-electron chi connectivity index (χ3n) is 2.32. The van der Waals surface area contributed by atoms with Crippen LogP contribution in [-0.2, 0) is 10.0 Å². The third kappa shape index (κ3) is 3.33. The highest BCUT2D eigenvalue weighted by atomic mass is 35.5. The molecule has 4 nitrogen and oxygen atoms in total. The van der Waals surface area contributed by atoms with Crippen molar-refractivity contribution in [2.24, 2.45) is 0 Å². The number of aliphatic hydroxyl groups excluding tert-OH is 1. The molecule has 0 unspecified atom stereocenters. The fourth-order valence-electron chi connectivity index (χ4n) is 1.25. The number of halogens is 3. The Morgan fingerprint density at radius 3 is 2.56 bits per heavy atom. The van der Waals surface area contributed by atoms with Crippen molar-refractivity contribution >= 4 is 33.2 Å². The summed E-state index contributed by atoms with van der Waals surface area (Å²) >= 11 is 11.1. The van der Waals surface area contributed by atoms with Crippen LogP contribution in [0, 0.1) is 5.82 Å². The summed E-state index contributed by atoms with van der Waals surface area (Å²) in [5, 5.41) is 8.13. The highest BCUT2D eigenvalue weighted by molar-refractivity contribution is 7.89. The predicted molar refractivity (Wildman–Crippen MR) is 67.9 cm³/mol. The molecule has 0 saturated heterocycles. The Morgan fingerprint density at radius 1 is 1.44 bits per heavy atom. The minimum atomic E-state index is -3.99. The summed E-state index contributed by atoms with van der Waals surface area (Å²) in [6.07, 6.45) is 0.392. The van der Waals surface area contributed by atoms with Crippen molar-refractivity contribution in [2.75, 3.05) is 6.61 Å². The SMILES string of the molecule is CC[C@@H](CO)NS(=O)(=O)c1ccc(Cl)c(F)c1Cl. The Bertz CT molecular complexity index is 532. The Labute approximate surface area is 115 Å². The molecule has 0 fully saturated rings. The van der Waals surface area contributed by atoms with Gasteiger partial charge in [-0.1, -0.05) is 30.1 Å². The molecule has 0 heterocycles. The lowest BCUT2D eigenvalue weighted by Gasteiger charge is -2.15. The van der Waals surface area contributed by atoms with Gasteiger partial charge < -0.3 is 5.11 Å². The summed E-state index contributed by atoms with van der Waals surface area (Å²) in [7, 11) is -3.99. The van der Waals surface area contributed by atoms with Crippen LogP contribution in [0.15, 0.2) is 17.0 Å². The maximum Gasteiger partial charge on any atom is 0.242 e. The summed E-state index contributed by atoms with van der Waals surface area (Å²) in [5.41, 5.74) is 0. The minimum Gasteiger partial charge on any atom is -0.395 e. The summed E-state index contributed by atoms with van der Waals surface area (Å²) in [6.45, 7) is 1.34. The predicted octanol–water partition coefficient (Wildman–Crippen LogP) is 2.18. The fraction of sp³-hybridized carbons (Fsp3) is 0.400. The van der Waals surface area contributed by atoms with Gasteiger partial charge in [-0.2, -0.15) is 0 Å². The van der Waals surface area contributed by atoms with Gasteiger partial charge in [-0.25, -0.2) is 17.5 Å². The van der Waals surface area contributed by atoms with Gasteiger partial charge >= 0.3 is 0 Å². The van der Waals surface area contributed by atoms with E-state index in [4.69, 9.17) is 28.3 Å². The first-order chi connectivity index (χ1) is 8.33. The average Bonchev–Trinajstić information content (AvgIpc) is 2.32. The Hall–Kier alpha value is -0.400. The minimum absolute atomic E-state index is 0.256. The van der Waals surface area contributed by atoms with Crippen molar-refractivity contribution < 1.29 is 17.9 Å². The van der Waals surface area contributed by atoms with Gasteiger partial charge in [0.25, 0.3) is 0 Å². The summed E-state index contributed by atoms with van der Waals surface area (Å²) in [4.78, 5) is -0.405. The molecular weight excluding hydrogens is 304 g/mol. The number of hydrogen-bond acceptors (Lipinski definition) is 3. The van der Waals surface area contributed by atoms with Crippen LogP contribution in [0.2, 0.25) is 10.0 Å². The van der Waals surface area contributed by atoms with Gasteiger partial charge in [0.1, 0.15) is 4.90 Å². The van der Waals surface area contributed by atoms with Crippen LogP contribution < -0.4 is 4.72 Å². The lowest BCUT2D eigenvalue weighted by Crippen LogP contribution is -2.37. The van der Waals surface area contributed by atoms with E-state index in [1.807, 2.05) is 0 Å². The first-order valence-electron chi connectivity index (χ1n) is 5.10. The van der Waals surface area contributed by atoms with Crippen molar-refractivity contribution in [1.82, 2.24) is 4.72 Å². The first-order valence-corrected chi connectivity index (χ1v) is 7.34. The molecule has 1 aromatic carbocycles. The lowest BCUT2D eigenvalue weighted by molar-refractivity contribution is 0.254. The highest BCUT2D eigenvalue weighted by Gasteiger charge is 2.24. The van der Waals surface area contributed by atoms with E-state index >= 15 is 0 Å². The largest absolute Gasteiger partial charge is 0.395 e. The second-order valence-corrected chi connectivity index (χ2v) is 6.05. The number of nitrogens with one attached hydrogen (secondary N) is 1. The Kier molecular flexibility index (Phi) is 5.36. The van der Waals surface area contributed by atoms with Crippen molar-refractivity contribution in [3.8, 4) is 0 Å². The van der Waals surface area contributed by atoms with E-state index in [9.17, 15) is 12.8 Å². The van der Waals surface area contributed by atoms with E-state index in [1.54, 1.807) is 6.92 Å². The van der Waals surface area contributed by atoms with Crippen LogP contribution in [0.4, 0.5) is 4.39 Å². The van der Waals surface area contributed by atoms with Gasteiger partial charge in [0.05, 0.1) is 16.7 Å². The van der Waals surface area contributed by atoms with Gasteiger partial charge in [0.2, 0.25) is 10.0 Å². The second kappa shape index (κ2) is 6.16. The first kappa shape index (κ1) is 15.7. The van der Waals surface area contributed by atoms with Crippen LogP contribution >= 0.6 is 23.2 Å². The molecule has 102 valence electrons. The molecule has 1 atom stereocenters. The molecule has 2 N–H and O–H groups in total. The molecule has 1 aromatic rings. The van der Waals surface area contributed by atoms with Gasteiger partial charge in [0.15, 0.2) is 5.82 Å². The summed E-state index contributed by atoms with van der Waals surface area (Å²) in [6, 6.07) is 1.57. The van der Waals surface area contributed by atoms with Gasteiger partial charge in [0, 0.05) is 6.04 Å². The molecule has 0 aliphatic carbocycles. The number of sulfonamides is 1. The zero-order valence-electron chi connectivity index (χ0n) is 9.45. The smallest absolute Gasteiger partial charge is 0.242 e. The number of aliphatic hydroxyl groups is 1. The van der Waals surface area contributed by atoms with Crippen molar-refractivity contribution in [2.45, 2.75) is 24.3 Å². The van der Waals surface area contributed by atoms with Crippen LogP contribution in [0.25, 0.3) is 0 Å². The molecule has 0 aliphatic rings. The molecule has 0 aliphatic heterocycles. The van der Waals surface area contributed by atoms with Gasteiger partial charge in [-0.05, 0) is 18.6 Å². The fourth-order valence-corrected chi connectivity index (χ4v) is 3.30. The lowest BCUT2D eigenvalue weighted by atomic mass is 10.3. The standard InChI is InChI=1S/C10H12Cl2FNO3S/c1-2-6(5-15)14-18(16,17)8-4-3-7(11)10(13)9(8)12/h3-4,6,14-15H,2,5H2,1H3/t6-/m0/s1. The second-order valence-electron chi connectivity index (χ2n) is 3.58. The third-order valence-corrected chi connectivity index (χ3v) is 4.66. The van der Waals surface area contributed by atoms with Crippen molar-refractivity contribution in [3.63, 3.8) is 0 Å². The quantitative estimate of drug-likeness (QED) is 0.818. The molecule has 0 bridgehead atoms. The van der Waals surface area contributed by atoms with Crippen LogP contribution in [0.1, 0.15) is 13.3 Å². The molecular formula is C10H12Cl2FNO3S. The van der Waals surface area contributed by atoms with Crippen molar-refractivity contribution in [1.29, 1.82) is 0 Å². The topological polar surface area (TPSA) is 66.4 Å². The monoisotopic (exact) mass is 315 g/mol. The molecule has 0 aromatic heterocycles. The molecule has 0 radical (unpaired) electrons.